The van der Waals surface area contributed by atoms with E-state index in [2.05, 4.69) is 4.76 Å². The Bertz CT molecular complexity index is 345. The van der Waals surface area contributed by atoms with Crippen LogP contribution in [0.15, 0.2) is 17.9 Å². The number of hydrogen-bond donors (Lipinski definition) is 1. The fraction of sp³-hybridized carbons (Fsp3) is 0.444. The molecule has 6 heteroatoms. The van der Waals surface area contributed by atoms with E-state index < -0.39 is 13.1 Å². The summed E-state index contributed by atoms with van der Waals surface area (Å²) in [6.45, 7) is 5.55. The van der Waals surface area contributed by atoms with Crippen LogP contribution in [0.25, 0.3) is 0 Å². The first kappa shape index (κ1) is 12.3. The Labute approximate surface area is 91.0 Å². The van der Waals surface area contributed by atoms with Gasteiger partial charge in [0, 0.05) is 0 Å². The molecule has 0 fully saturated rings. The Kier molecular flexibility index (Phi) is 3.97. The van der Waals surface area contributed by atoms with E-state index >= 15 is 0 Å². The van der Waals surface area contributed by atoms with Gasteiger partial charge in [0.05, 0.1) is 0 Å². The lowest BCUT2D eigenvalue weighted by Crippen LogP contribution is -2.24. The molecule has 0 aromatic carbocycles. The standard InChI is InChI=1S/C9H15BNO3P/c1-9(2,3)13-8(12)15-6-4-5-7(15)10-14-11/h4-6,10H,11H2,1-3H3. The van der Waals surface area contributed by atoms with Crippen LogP contribution in [0.2, 0.25) is 0 Å². The largest absolute Gasteiger partial charge is 0.454 e. The predicted molar refractivity (Wildman–Crippen MR) is 62.8 cm³/mol. The third-order valence-corrected chi connectivity index (χ3v) is 3.51. The van der Waals surface area contributed by atoms with Crippen LogP contribution in [0.1, 0.15) is 20.8 Å². The Balaban J connectivity index is 2.77. The average Bonchev–Trinajstić information content (AvgIpc) is 2.49. The molecule has 1 aromatic heterocycles. The van der Waals surface area contributed by atoms with Crippen molar-refractivity contribution in [3.63, 3.8) is 0 Å². The summed E-state index contributed by atoms with van der Waals surface area (Å²) in [4.78, 5) is 11.8. The normalized spacial score (nSPS) is 12.4. The second-order valence-corrected chi connectivity index (χ2v) is 6.14. The summed E-state index contributed by atoms with van der Waals surface area (Å²) >= 11 is 0. The molecular weight excluding hydrogens is 212 g/mol. The number of nitrogens with two attached hydrogens (primary N) is 1. The Hall–Kier alpha value is -0.765. The molecule has 0 aliphatic heterocycles. The molecule has 1 heterocycles. The first-order valence-corrected chi connectivity index (χ1v) is 6.06. The molecule has 0 saturated carbocycles. The second kappa shape index (κ2) is 4.84. The first-order chi connectivity index (χ1) is 6.94. The number of carbonyl (C=O) groups is 1. The molecule has 0 saturated heterocycles. The van der Waals surface area contributed by atoms with Gasteiger partial charge in [0.2, 0.25) is 0 Å². The fourth-order valence-electron chi connectivity index (χ4n) is 1.11. The van der Waals surface area contributed by atoms with Crippen LogP contribution >= 0.6 is 7.53 Å². The van der Waals surface area contributed by atoms with Crippen LogP contribution < -0.4 is 11.1 Å². The highest BCUT2D eigenvalue weighted by molar-refractivity contribution is 7.71. The van der Waals surface area contributed by atoms with Gasteiger partial charge in [-0.2, -0.15) is 0 Å². The molecule has 4 nitrogen and oxygen atoms in total. The van der Waals surface area contributed by atoms with Gasteiger partial charge in [-0.25, -0.2) is 10.7 Å². The van der Waals surface area contributed by atoms with Crippen molar-refractivity contribution in [3.05, 3.63) is 17.9 Å². The molecule has 0 aliphatic rings. The van der Waals surface area contributed by atoms with E-state index in [1.807, 2.05) is 38.7 Å². The number of hydrogen-bond acceptors (Lipinski definition) is 4. The summed E-state index contributed by atoms with van der Waals surface area (Å²) < 4.78 is 9.84. The van der Waals surface area contributed by atoms with Crippen molar-refractivity contribution in [2.75, 3.05) is 0 Å². The van der Waals surface area contributed by atoms with E-state index in [-0.39, 0.29) is 13.2 Å². The molecule has 2 N–H and O–H groups in total. The molecule has 1 aromatic rings. The number of carbonyl (C=O) groups excluding carboxylic acids is 1. The van der Waals surface area contributed by atoms with Crippen LogP contribution in [0.3, 0.4) is 0 Å². The van der Waals surface area contributed by atoms with Gasteiger partial charge in [-0.15, -0.1) is 0 Å². The highest BCUT2D eigenvalue weighted by Gasteiger charge is 2.20. The maximum absolute atomic E-state index is 11.8. The molecule has 82 valence electrons. The third kappa shape index (κ3) is 3.70. The van der Waals surface area contributed by atoms with Gasteiger partial charge in [-0.05, 0) is 39.3 Å². The Morgan fingerprint density at radius 3 is 2.73 bits per heavy atom. The fourth-order valence-corrected chi connectivity index (χ4v) is 2.75. The monoisotopic (exact) mass is 227 g/mol. The van der Waals surface area contributed by atoms with Crippen molar-refractivity contribution in [1.82, 2.24) is 0 Å². The van der Waals surface area contributed by atoms with E-state index in [9.17, 15) is 4.79 Å². The van der Waals surface area contributed by atoms with Gasteiger partial charge in [-0.1, -0.05) is 12.1 Å². The van der Waals surface area contributed by atoms with Crippen LogP contribution in [0, 0.1) is 0 Å². The van der Waals surface area contributed by atoms with Crippen molar-refractivity contribution in [2.24, 2.45) is 5.90 Å². The predicted octanol–water partition coefficient (Wildman–Crippen LogP) is 1.32. The Morgan fingerprint density at radius 2 is 2.20 bits per heavy atom. The van der Waals surface area contributed by atoms with Crippen molar-refractivity contribution in [1.29, 1.82) is 0 Å². The van der Waals surface area contributed by atoms with Crippen LogP contribution in [0.5, 0.6) is 0 Å². The summed E-state index contributed by atoms with van der Waals surface area (Å²) in [6, 6.07) is 3.69. The summed E-state index contributed by atoms with van der Waals surface area (Å²) in [5, 5.41) is 0.891. The summed E-state index contributed by atoms with van der Waals surface area (Å²) in [7, 11) is -0.750. The van der Waals surface area contributed by atoms with Gasteiger partial charge in [-0.3, -0.25) is 0 Å². The smallest absolute Gasteiger partial charge is 0.351 e. The third-order valence-electron chi connectivity index (χ3n) is 1.65. The summed E-state index contributed by atoms with van der Waals surface area (Å²) in [5.41, 5.74) is -0.653. The van der Waals surface area contributed by atoms with E-state index in [1.165, 1.54) is 0 Å². The average molecular weight is 227 g/mol. The van der Waals surface area contributed by atoms with E-state index in [0.29, 0.717) is 0 Å². The van der Waals surface area contributed by atoms with E-state index in [1.54, 1.807) is 0 Å². The summed E-state index contributed by atoms with van der Waals surface area (Å²) in [5.74, 6) is 6.83. The summed E-state index contributed by atoms with van der Waals surface area (Å²) in [6.07, 6.45) is 0. The van der Waals surface area contributed by atoms with Crippen LogP contribution in [0.4, 0.5) is 4.79 Å². The zero-order valence-corrected chi connectivity index (χ0v) is 10.1. The van der Waals surface area contributed by atoms with Gasteiger partial charge >= 0.3 is 13.2 Å². The maximum Gasteiger partial charge on any atom is 0.351 e. The second-order valence-electron chi connectivity index (χ2n) is 4.16. The SMILES string of the molecule is CC(C)(C)OC(=O)p1cccc1BON. The molecule has 0 radical (unpaired) electrons. The van der Waals surface area contributed by atoms with E-state index in [4.69, 9.17) is 10.6 Å². The van der Waals surface area contributed by atoms with E-state index in [0.717, 1.165) is 5.19 Å². The number of rotatable bonds is 3. The molecule has 0 aliphatic carbocycles. The lowest BCUT2D eigenvalue weighted by Gasteiger charge is -2.19. The van der Waals surface area contributed by atoms with Gasteiger partial charge in [0.1, 0.15) is 5.60 Å². The van der Waals surface area contributed by atoms with Crippen LogP contribution in [-0.4, -0.2) is 18.8 Å². The van der Waals surface area contributed by atoms with Gasteiger partial charge in [0.25, 0.3) is 0 Å². The molecule has 1 atom stereocenters. The highest BCUT2D eigenvalue weighted by atomic mass is 31.1. The minimum absolute atomic E-state index is 0.199. The molecular formula is C9H15BNO3P. The van der Waals surface area contributed by atoms with Crippen molar-refractivity contribution >= 4 is 25.9 Å². The molecule has 1 rings (SSSR count). The maximum atomic E-state index is 11.8. The molecule has 0 bridgehead atoms. The van der Waals surface area contributed by atoms with Gasteiger partial charge in [0.15, 0.2) is 0 Å². The first-order valence-electron chi connectivity index (χ1n) is 4.65. The lowest BCUT2D eigenvalue weighted by molar-refractivity contribution is 0.0732. The van der Waals surface area contributed by atoms with Gasteiger partial charge < -0.3 is 9.49 Å². The van der Waals surface area contributed by atoms with Crippen molar-refractivity contribution in [3.8, 4) is 0 Å². The zero-order chi connectivity index (χ0) is 11.5. The molecule has 0 amide bonds. The van der Waals surface area contributed by atoms with Crippen LogP contribution in [-0.2, 0) is 9.49 Å². The highest BCUT2D eigenvalue weighted by Crippen LogP contribution is 2.28. The lowest BCUT2D eigenvalue weighted by atomic mass is 10.0. The minimum Gasteiger partial charge on any atom is -0.454 e. The minimum atomic E-state index is -1.03. The van der Waals surface area contributed by atoms with Crippen molar-refractivity contribution < 1.29 is 14.3 Å². The van der Waals surface area contributed by atoms with Crippen molar-refractivity contribution in [2.45, 2.75) is 26.4 Å². The quantitative estimate of drug-likeness (QED) is 0.624. The Morgan fingerprint density at radius 1 is 1.53 bits per heavy atom. The topological polar surface area (TPSA) is 61.5 Å². The number of ether oxygens (including phenoxy) is 1. The molecule has 1 unspecified atom stereocenters. The molecule has 15 heavy (non-hydrogen) atoms. The zero-order valence-electron chi connectivity index (χ0n) is 9.19. The molecule has 0 spiro atoms.